The van der Waals surface area contributed by atoms with E-state index in [1.54, 1.807) is 0 Å². The summed E-state index contributed by atoms with van der Waals surface area (Å²) in [6.07, 6.45) is 0.248. The number of amides is 1. The second kappa shape index (κ2) is 7.71. The SMILES string of the molecule is CC(C)CNCc1ccc(OCCC(N)=O)cc1. The second-order valence-electron chi connectivity index (χ2n) is 4.73. The first kappa shape index (κ1) is 14.5. The lowest BCUT2D eigenvalue weighted by molar-refractivity contribution is -0.118. The Morgan fingerprint density at radius 3 is 2.56 bits per heavy atom. The molecule has 1 rings (SSSR count). The molecule has 0 saturated carbocycles. The molecule has 1 aromatic carbocycles. The third-order valence-electron chi connectivity index (χ3n) is 2.42. The highest BCUT2D eigenvalue weighted by Gasteiger charge is 1.98. The molecule has 0 spiro atoms. The molecule has 0 aliphatic carbocycles. The Kier molecular flexibility index (Phi) is 6.22. The molecule has 0 saturated heterocycles. The third-order valence-corrected chi connectivity index (χ3v) is 2.42. The molecule has 0 bridgehead atoms. The van der Waals surface area contributed by atoms with Crippen molar-refractivity contribution < 1.29 is 9.53 Å². The Bertz CT molecular complexity index is 361. The van der Waals surface area contributed by atoms with Crippen molar-refractivity contribution in [2.24, 2.45) is 11.7 Å². The maximum absolute atomic E-state index is 10.6. The van der Waals surface area contributed by atoms with E-state index in [0.29, 0.717) is 12.5 Å². The predicted octanol–water partition coefficient (Wildman–Crippen LogP) is 1.69. The van der Waals surface area contributed by atoms with E-state index < -0.39 is 0 Å². The summed E-state index contributed by atoms with van der Waals surface area (Å²) in [5.41, 5.74) is 6.25. The Morgan fingerprint density at radius 2 is 2.00 bits per heavy atom. The van der Waals surface area contributed by atoms with Crippen molar-refractivity contribution in [3.8, 4) is 5.75 Å². The van der Waals surface area contributed by atoms with E-state index in [0.717, 1.165) is 18.8 Å². The fourth-order valence-electron chi connectivity index (χ4n) is 1.48. The van der Waals surface area contributed by atoms with Crippen molar-refractivity contribution >= 4 is 5.91 Å². The normalized spacial score (nSPS) is 10.6. The number of primary amides is 1. The predicted molar refractivity (Wildman–Crippen MR) is 72.3 cm³/mol. The summed E-state index contributed by atoms with van der Waals surface area (Å²) in [6, 6.07) is 7.86. The van der Waals surface area contributed by atoms with E-state index in [2.05, 4.69) is 19.2 Å². The summed E-state index contributed by atoms with van der Waals surface area (Å²) in [7, 11) is 0. The summed E-state index contributed by atoms with van der Waals surface area (Å²) >= 11 is 0. The van der Waals surface area contributed by atoms with Crippen LogP contribution in [0.5, 0.6) is 5.75 Å². The van der Waals surface area contributed by atoms with Crippen molar-refractivity contribution in [2.75, 3.05) is 13.2 Å². The van der Waals surface area contributed by atoms with Crippen LogP contribution in [0.25, 0.3) is 0 Å². The van der Waals surface area contributed by atoms with Gasteiger partial charge in [-0.25, -0.2) is 0 Å². The zero-order valence-corrected chi connectivity index (χ0v) is 11.1. The smallest absolute Gasteiger partial charge is 0.220 e. The topological polar surface area (TPSA) is 64.3 Å². The third kappa shape index (κ3) is 6.25. The number of hydrogen-bond acceptors (Lipinski definition) is 3. The van der Waals surface area contributed by atoms with Crippen LogP contribution in [-0.4, -0.2) is 19.1 Å². The molecule has 0 aliphatic heterocycles. The van der Waals surface area contributed by atoms with Gasteiger partial charge in [-0.1, -0.05) is 26.0 Å². The van der Waals surface area contributed by atoms with Gasteiger partial charge >= 0.3 is 0 Å². The number of benzene rings is 1. The van der Waals surface area contributed by atoms with Crippen LogP contribution in [0.3, 0.4) is 0 Å². The van der Waals surface area contributed by atoms with Crippen LogP contribution >= 0.6 is 0 Å². The van der Waals surface area contributed by atoms with Crippen molar-refractivity contribution in [1.82, 2.24) is 5.32 Å². The largest absolute Gasteiger partial charge is 0.493 e. The van der Waals surface area contributed by atoms with Gasteiger partial charge in [-0.05, 0) is 30.2 Å². The fraction of sp³-hybridized carbons (Fsp3) is 0.500. The molecule has 4 heteroatoms. The Morgan fingerprint density at radius 1 is 1.33 bits per heavy atom. The minimum Gasteiger partial charge on any atom is -0.493 e. The van der Waals surface area contributed by atoms with Crippen molar-refractivity contribution in [2.45, 2.75) is 26.8 Å². The van der Waals surface area contributed by atoms with Gasteiger partial charge in [0.15, 0.2) is 0 Å². The number of carbonyl (C=O) groups excluding carboxylic acids is 1. The Labute approximate surface area is 109 Å². The monoisotopic (exact) mass is 250 g/mol. The average Bonchev–Trinajstić information content (AvgIpc) is 2.30. The summed E-state index contributed by atoms with van der Waals surface area (Å²) in [5.74, 6) is 1.08. The molecule has 100 valence electrons. The van der Waals surface area contributed by atoms with Gasteiger partial charge in [-0.3, -0.25) is 4.79 Å². The quantitative estimate of drug-likeness (QED) is 0.738. The lowest BCUT2D eigenvalue weighted by Gasteiger charge is -2.08. The molecule has 0 unspecified atom stereocenters. The van der Waals surface area contributed by atoms with Crippen LogP contribution in [0.2, 0.25) is 0 Å². The number of rotatable bonds is 8. The van der Waals surface area contributed by atoms with Crippen molar-refractivity contribution in [1.29, 1.82) is 0 Å². The van der Waals surface area contributed by atoms with E-state index in [1.807, 2.05) is 24.3 Å². The number of hydrogen-bond donors (Lipinski definition) is 2. The Hall–Kier alpha value is -1.55. The maximum atomic E-state index is 10.6. The van der Waals surface area contributed by atoms with Gasteiger partial charge in [0.2, 0.25) is 5.91 Å². The van der Waals surface area contributed by atoms with E-state index in [1.165, 1.54) is 5.56 Å². The molecule has 4 nitrogen and oxygen atoms in total. The van der Waals surface area contributed by atoms with Crippen LogP contribution in [0.4, 0.5) is 0 Å². The van der Waals surface area contributed by atoms with E-state index in [9.17, 15) is 4.79 Å². The lowest BCUT2D eigenvalue weighted by Crippen LogP contribution is -2.18. The fourth-order valence-corrected chi connectivity index (χ4v) is 1.48. The van der Waals surface area contributed by atoms with Gasteiger partial charge < -0.3 is 15.8 Å². The minimum absolute atomic E-state index is 0.248. The van der Waals surface area contributed by atoms with Gasteiger partial charge in [0.1, 0.15) is 5.75 Å². The number of nitrogens with one attached hydrogen (secondary N) is 1. The van der Waals surface area contributed by atoms with Crippen LogP contribution in [0, 0.1) is 5.92 Å². The van der Waals surface area contributed by atoms with Crippen molar-refractivity contribution in [3.05, 3.63) is 29.8 Å². The van der Waals surface area contributed by atoms with Gasteiger partial charge in [-0.15, -0.1) is 0 Å². The highest BCUT2D eigenvalue weighted by molar-refractivity contribution is 5.73. The van der Waals surface area contributed by atoms with Crippen molar-refractivity contribution in [3.63, 3.8) is 0 Å². The molecular formula is C14H22N2O2. The lowest BCUT2D eigenvalue weighted by atomic mass is 10.2. The highest BCUT2D eigenvalue weighted by atomic mass is 16.5. The Balaban J connectivity index is 2.31. The highest BCUT2D eigenvalue weighted by Crippen LogP contribution is 2.12. The van der Waals surface area contributed by atoms with Crippen LogP contribution < -0.4 is 15.8 Å². The molecule has 1 amide bonds. The van der Waals surface area contributed by atoms with Crippen LogP contribution in [-0.2, 0) is 11.3 Å². The molecule has 0 heterocycles. The first-order valence-corrected chi connectivity index (χ1v) is 6.28. The molecular weight excluding hydrogens is 228 g/mol. The van der Waals surface area contributed by atoms with Gasteiger partial charge in [0, 0.05) is 6.54 Å². The molecule has 0 radical (unpaired) electrons. The standard InChI is InChI=1S/C14H22N2O2/c1-11(2)9-16-10-12-3-5-13(6-4-12)18-8-7-14(15)17/h3-6,11,16H,7-10H2,1-2H3,(H2,15,17). The zero-order chi connectivity index (χ0) is 13.4. The van der Waals surface area contributed by atoms with Crippen LogP contribution in [0.1, 0.15) is 25.8 Å². The minimum atomic E-state index is -0.343. The van der Waals surface area contributed by atoms with Gasteiger partial charge in [-0.2, -0.15) is 0 Å². The first-order valence-electron chi connectivity index (χ1n) is 6.28. The summed E-state index contributed by atoms with van der Waals surface area (Å²) in [6.45, 7) is 6.57. The zero-order valence-electron chi connectivity index (χ0n) is 11.1. The second-order valence-corrected chi connectivity index (χ2v) is 4.73. The molecule has 18 heavy (non-hydrogen) atoms. The maximum Gasteiger partial charge on any atom is 0.220 e. The molecule has 0 aliphatic rings. The molecule has 0 fully saturated rings. The molecule has 1 aromatic rings. The van der Waals surface area contributed by atoms with Crippen LogP contribution in [0.15, 0.2) is 24.3 Å². The molecule has 0 atom stereocenters. The number of nitrogens with two attached hydrogens (primary N) is 1. The van der Waals surface area contributed by atoms with Gasteiger partial charge in [0.05, 0.1) is 13.0 Å². The summed E-state index contributed by atoms with van der Waals surface area (Å²) in [5, 5.41) is 3.38. The van der Waals surface area contributed by atoms with Gasteiger partial charge in [0.25, 0.3) is 0 Å². The number of carbonyl (C=O) groups is 1. The summed E-state index contributed by atoms with van der Waals surface area (Å²) < 4.78 is 5.39. The first-order chi connectivity index (χ1) is 8.58. The summed E-state index contributed by atoms with van der Waals surface area (Å²) in [4.78, 5) is 10.6. The average molecular weight is 250 g/mol. The van der Waals surface area contributed by atoms with E-state index in [4.69, 9.17) is 10.5 Å². The molecule has 3 N–H and O–H groups in total. The molecule has 0 aromatic heterocycles. The number of ether oxygens (including phenoxy) is 1. The van der Waals surface area contributed by atoms with E-state index in [-0.39, 0.29) is 12.3 Å². The van der Waals surface area contributed by atoms with E-state index >= 15 is 0 Å².